The van der Waals surface area contributed by atoms with Gasteiger partial charge in [0, 0.05) is 5.92 Å². The highest BCUT2D eigenvalue weighted by atomic mass is 31.3. The van der Waals surface area contributed by atoms with Gasteiger partial charge in [0.1, 0.15) is 11.8 Å². The average molecular weight is 533 g/mol. The highest BCUT2D eigenvalue weighted by Gasteiger charge is 2.61. The smallest absolute Gasteiger partial charge is 0.390 e. The molecule has 0 amide bonds. The van der Waals surface area contributed by atoms with Gasteiger partial charge in [-0.2, -0.15) is 13.6 Å². The third-order valence-corrected chi connectivity index (χ3v) is 8.96. The molecule has 2 aromatic heterocycles. The number of nitrogen functional groups attached to an aromatic ring is 1. The van der Waals surface area contributed by atoms with E-state index in [4.69, 9.17) is 20.3 Å². The Balaban J connectivity index is 1.52. The van der Waals surface area contributed by atoms with E-state index in [2.05, 4.69) is 28.1 Å². The quantitative estimate of drug-likeness (QED) is 0.202. The van der Waals surface area contributed by atoms with Crippen LogP contribution in [0.25, 0.3) is 11.2 Å². The number of fused-ring (bicyclic) bond motifs is 3. The lowest BCUT2D eigenvalue weighted by atomic mass is 10.0. The number of nitrogens with zero attached hydrogens (tertiary/aromatic N) is 3. The molecule has 2 bridgehead atoms. The summed E-state index contributed by atoms with van der Waals surface area (Å²) >= 11 is 0. The van der Waals surface area contributed by atoms with E-state index < -0.39 is 59.5 Å². The monoisotopic (exact) mass is 533 g/mol. The molecular weight excluding hydrogens is 515 g/mol. The maximum atomic E-state index is 12.0. The normalized spacial score (nSPS) is 31.0. The number of H-pyrrole nitrogens is 1. The number of phosphoric acid groups is 3. The number of aromatic nitrogens is 4. The number of nitrogens with one attached hydrogen (secondary N) is 1. The second-order valence-electron chi connectivity index (χ2n) is 7.36. The first-order valence-corrected chi connectivity index (χ1v) is 13.5. The van der Waals surface area contributed by atoms with E-state index in [0.29, 0.717) is 6.42 Å². The molecule has 2 unspecified atom stereocenters. The minimum atomic E-state index is -5.69. The molecule has 2 fully saturated rings. The van der Waals surface area contributed by atoms with E-state index >= 15 is 0 Å². The van der Waals surface area contributed by atoms with E-state index in [9.17, 15) is 33.4 Å². The number of hydrogen-bond acceptors (Lipinski definition) is 12. The molecule has 33 heavy (non-hydrogen) atoms. The second kappa shape index (κ2) is 8.02. The van der Waals surface area contributed by atoms with Crippen molar-refractivity contribution in [3.63, 3.8) is 0 Å². The number of ether oxygens (including phenoxy) is 1. The zero-order chi connectivity index (χ0) is 24.4. The Morgan fingerprint density at radius 3 is 2.61 bits per heavy atom. The molecule has 0 spiro atoms. The van der Waals surface area contributed by atoms with Gasteiger partial charge in [-0.05, 0) is 12.8 Å². The second-order valence-corrected chi connectivity index (χ2v) is 11.8. The molecule has 1 saturated carbocycles. The molecule has 8 N–H and O–H groups in total. The first kappa shape index (κ1) is 24.6. The molecule has 184 valence electrons. The Morgan fingerprint density at radius 1 is 1.24 bits per heavy atom. The number of phosphoric ester groups is 1. The van der Waals surface area contributed by atoms with Crippen LogP contribution in [-0.4, -0.2) is 62.5 Å². The van der Waals surface area contributed by atoms with E-state index in [1.807, 2.05) is 0 Å². The predicted molar refractivity (Wildman–Crippen MR) is 104 cm³/mol. The molecule has 4 rings (SSSR count). The third kappa shape index (κ3) is 4.84. The number of aliphatic hydroxyl groups is 1. The van der Waals surface area contributed by atoms with E-state index in [0.717, 1.165) is 0 Å². The summed E-state index contributed by atoms with van der Waals surface area (Å²) in [6.45, 7) is -0.812. The summed E-state index contributed by atoms with van der Waals surface area (Å²) in [5.41, 5.74) is 3.45. The average Bonchev–Trinajstić information content (AvgIpc) is 3.27. The molecule has 21 heteroatoms. The van der Waals surface area contributed by atoms with Crippen molar-refractivity contribution in [3.05, 3.63) is 16.7 Å². The van der Waals surface area contributed by atoms with Gasteiger partial charge in [0.2, 0.25) is 5.95 Å². The number of aromatic amines is 1. The number of rotatable bonds is 8. The van der Waals surface area contributed by atoms with Crippen molar-refractivity contribution >= 4 is 40.6 Å². The summed E-state index contributed by atoms with van der Waals surface area (Å²) in [5.74, 6) is -0.755. The lowest BCUT2D eigenvalue weighted by Crippen LogP contribution is -2.41. The number of aliphatic hydroxyl groups excluding tert-OH is 1. The number of imidazole rings is 1. The van der Waals surface area contributed by atoms with Crippen LogP contribution in [0.15, 0.2) is 11.1 Å². The lowest BCUT2D eigenvalue weighted by molar-refractivity contribution is -0.136. The molecule has 0 radical (unpaired) electrons. The maximum absolute atomic E-state index is 12.0. The van der Waals surface area contributed by atoms with Crippen LogP contribution in [0.3, 0.4) is 0 Å². The molecule has 3 heterocycles. The molecule has 18 nitrogen and oxygen atoms in total. The van der Waals surface area contributed by atoms with Gasteiger partial charge in [-0.25, -0.2) is 18.7 Å². The van der Waals surface area contributed by atoms with Gasteiger partial charge in [0.25, 0.3) is 5.56 Å². The summed E-state index contributed by atoms with van der Waals surface area (Å²) < 4.78 is 53.5. The van der Waals surface area contributed by atoms with Crippen LogP contribution in [0.4, 0.5) is 5.95 Å². The van der Waals surface area contributed by atoms with Crippen molar-refractivity contribution in [2.24, 2.45) is 5.92 Å². The fourth-order valence-electron chi connectivity index (χ4n) is 3.94. The van der Waals surface area contributed by atoms with Crippen molar-refractivity contribution in [1.82, 2.24) is 19.5 Å². The van der Waals surface area contributed by atoms with E-state index in [-0.39, 0.29) is 23.5 Å². The maximum Gasteiger partial charge on any atom is 0.490 e. The zero-order valence-corrected chi connectivity index (χ0v) is 18.9. The first-order chi connectivity index (χ1) is 15.1. The minimum Gasteiger partial charge on any atom is -0.390 e. The van der Waals surface area contributed by atoms with Gasteiger partial charge in [0.15, 0.2) is 11.2 Å². The molecule has 1 aliphatic heterocycles. The minimum absolute atomic E-state index is 0.0348. The van der Waals surface area contributed by atoms with Gasteiger partial charge < -0.3 is 35.2 Å². The van der Waals surface area contributed by atoms with Crippen LogP contribution < -0.4 is 11.3 Å². The Kier molecular flexibility index (Phi) is 5.98. The Morgan fingerprint density at radius 2 is 1.94 bits per heavy atom. The van der Waals surface area contributed by atoms with Crippen LogP contribution in [-0.2, 0) is 31.6 Å². The van der Waals surface area contributed by atoms with Crippen LogP contribution in [0, 0.1) is 5.92 Å². The van der Waals surface area contributed by atoms with E-state index in [1.165, 1.54) is 10.9 Å². The topological polar surface area (TPSA) is 279 Å². The Hall–Kier alpha value is -1.52. The Labute approximate surface area is 182 Å². The first-order valence-electron chi connectivity index (χ1n) is 8.98. The molecule has 1 saturated heterocycles. The molecule has 2 aliphatic rings. The van der Waals surface area contributed by atoms with Gasteiger partial charge in [-0.15, -0.1) is 0 Å². The molecule has 2 aromatic rings. The van der Waals surface area contributed by atoms with E-state index in [1.54, 1.807) is 0 Å². The zero-order valence-electron chi connectivity index (χ0n) is 16.2. The third-order valence-electron chi connectivity index (χ3n) is 5.18. The van der Waals surface area contributed by atoms with Gasteiger partial charge >= 0.3 is 23.5 Å². The SMILES string of the molecule is Nc1nc2c(ncn2[C@@H]2O[C@@]3(COP(=O)(O)OP(=O)(O)OP(=O)(O)O)CC[C@@H]2[C@@H]3O)c(=O)[nH]1. The van der Waals surface area contributed by atoms with Crippen molar-refractivity contribution in [1.29, 1.82) is 0 Å². The molecule has 1 aliphatic carbocycles. The number of hydrogen-bond donors (Lipinski definition) is 7. The fourth-order valence-corrected chi connectivity index (χ4v) is 7.02. The summed E-state index contributed by atoms with van der Waals surface area (Å²) in [4.78, 5) is 58.3. The van der Waals surface area contributed by atoms with Crippen molar-refractivity contribution in [2.75, 3.05) is 12.3 Å². The van der Waals surface area contributed by atoms with Crippen LogP contribution in [0.1, 0.15) is 19.1 Å². The number of nitrogens with two attached hydrogens (primary N) is 1. The lowest BCUT2D eigenvalue weighted by Gasteiger charge is -2.31. The van der Waals surface area contributed by atoms with Gasteiger partial charge in [0.05, 0.1) is 19.0 Å². The highest BCUT2D eigenvalue weighted by molar-refractivity contribution is 7.66. The van der Waals surface area contributed by atoms with Crippen molar-refractivity contribution < 1.29 is 56.3 Å². The molecule has 0 aromatic carbocycles. The summed E-state index contributed by atoms with van der Waals surface area (Å²) in [6, 6.07) is 0. The number of anilines is 1. The molecular formula is C12H18N5O13P3. The summed E-state index contributed by atoms with van der Waals surface area (Å²) in [6.07, 6.45) is -0.415. The largest absolute Gasteiger partial charge is 0.490 e. The molecule has 6 atom stereocenters. The Bertz CT molecular complexity index is 1290. The standard InChI is InChI=1S/C12H18N5O13P3/c13-11-15-8-6(9(19)16-11)14-4-17(8)10-5-1-2-12(28-10,7(5)18)3-27-32(23,24)30-33(25,26)29-31(20,21)22/h4-5,7,10,18H,1-3H2,(H,23,24)(H,25,26)(H2,20,21,22)(H3,13,15,16,19)/t5-,7+,10-,12-/m1/s1. The van der Waals surface area contributed by atoms with Gasteiger partial charge in [-0.3, -0.25) is 18.9 Å². The predicted octanol–water partition coefficient (Wildman–Crippen LogP) is -0.916. The van der Waals surface area contributed by atoms with Crippen molar-refractivity contribution in [2.45, 2.75) is 30.8 Å². The summed E-state index contributed by atoms with van der Waals surface area (Å²) in [5, 5.41) is 10.7. The van der Waals surface area contributed by atoms with Gasteiger partial charge in [-0.1, -0.05) is 0 Å². The van der Waals surface area contributed by atoms with Crippen LogP contribution >= 0.6 is 23.5 Å². The highest BCUT2D eigenvalue weighted by Crippen LogP contribution is 2.67. The van der Waals surface area contributed by atoms with Crippen LogP contribution in [0.5, 0.6) is 0 Å². The van der Waals surface area contributed by atoms with Crippen molar-refractivity contribution in [3.8, 4) is 0 Å². The fraction of sp³-hybridized carbons (Fsp3) is 0.583. The summed E-state index contributed by atoms with van der Waals surface area (Å²) in [7, 11) is -16.6. The van der Waals surface area contributed by atoms with Crippen LogP contribution in [0.2, 0.25) is 0 Å².